The van der Waals surface area contributed by atoms with Crippen molar-refractivity contribution in [3.63, 3.8) is 0 Å². The van der Waals surface area contributed by atoms with E-state index >= 15 is 0 Å². The molecule has 2 rings (SSSR count). The zero-order valence-electron chi connectivity index (χ0n) is 20.0. The average Bonchev–Trinajstić information content (AvgIpc) is 2.72. The first-order valence-electron chi connectivity index (χ1n) is 10.6. The molecule has 32 heavy (non-hydrogen) atoms. The molecule has 0 saturated heterocycles. The lowest BCUT2D eigenvalue weighted by molar-refractivity contribution is 0.213. The molecule has 0 radical (unpaired) electrons. The maximum absolute atomic E-state index is 12.8. The Bertz CT molecular complexity index is 994. The molecule has 0 aliphatic carbocycles. The Morgan fingerprint density at radius 3 is 2.34 bits per heavy atom. The van der Waals surface area contributed by atoms with Crippen LogP contribution < -0.4 is 5.32 Å². The summed E-state index contributed by atoms with van der Waals surface area (Å²) in [4.78, 5) is 24.9. The van der Waals surface area contributed by atoms with Crippen molar-refractivity contribution in [2.45, 2.75) is 59.5 Å². The van der Waals surface area contributed by atoms with Crippen LogP contribution in [0.2, 0.25) is 0 Å². The number of hydrogen-bond acceptors (Lipinski definition) is 4. The monoisotopic (exact) mass is 435 g/mol. The lowest BCUT2D eigenvalue weighted by Crippen LogP contribution is -2.48. The van der Waals surface area contributed by atoms with Gasteiger partial charge >= 0.3 is 6.03 Å². The SMILES string of the molecule is Cc1ccc(CN(C)C(=Nc2ccc(C(C)(C)C)cc2)NC(=O)N(C#CO)C(C)C)cn1. The first-order valence-corrected chi connectivity index (χ1v) is 10.6. The van der Waals surface area contributed by atoms with Gasteiger partial charge in [0.25, 0.3) is 0 Å². The van der Waals surface area contributed by atoms with E-state index in [1.54, 1.807) is 12.3 Å². The maximum atomic E-state index is 12.8. The summed E-state index contributed by atoms with van der Waals surface area (Å²) < 4.78 is 0. The minimum absolute atomic E-state index is 0.0370. The van der Waals surface area contributed by atoms with Gasteiger partial charge in [0, 0.05) is 31.5 Å². The van der Waals surface area contributed by atoms with Crippen molar-refractivity contribution >= 4 is 17.7 Å². The molecule has 1 heterocycles. The molecule has 170 valence electrons. The van der Waals surface area contributed by atoms with Crippen molar-refractivity contribution in [1.29, 1.82) is 0 Å². The summed E-state index contributed by atoms with van der Waals surface area (Å²) in [7, 11) is 1.85. The van der Waals surface area contributed by atoms with Gasteiger partial charge in [-0.3, -0.25) is 10.3 Å². The predicted octanol–water partition coefficient (Wildman–Crippen LogP) is 4.52. The minimum atomic E-state index is -0.472. The highest BCUT2D eigenvalue weighted by atomic mass is 16.2. The topological polar surface area (TPSA) is 81.1 Å². The van der Waals surface area contributed by atoms with Gasteiger partial charge in [-0.05, 0) is 55.5 Å². The van der Waals surface area contributed by atoms with E-state index < -0.39 is 6.03 Å². The number of aliphatic hydroxyl groups is 1. The van der Waals surface area contributed by atoms with Crippen molar-refractivity contribution < 1.29 is 9.90 Å². The van der Waals surface area contributed by atoms with Crippen molar-refractivity contribution in [3.8, 4) is 12.2 Å². The molecular weight excluding hydrogens is 402 g/mol. The van der Waals surface area contributed by atoms with E-state index in [2.05, 4.69) is 37.1 Å². The van der Waals surface area contributed by atoms with Crippen LogP contribution >= 0.6 is 0 Å². The fourth-order valence-corrected chi connectivity index (χ4v) is 2.93. The van der Waals surface area contributed by atoms with Gasteiger partial charge in [0.15, 0.2) is 0 Å². The molecule has 7 nitrogen and oxygen atoms in total. The fourth-order valence-electron chi connectivity index (χ4n) is 2.93. The minimum Gasteiger partial charge on any atom is -0.461 e. The normalized spacial score (nSPS) is 11.6. The van der Waals surface area contributed by atoms with Gasteiger partial charge in [0.2, 0.25) is 5.96 Å². The van der Waals surface area contributed by atoms with Gasteiger partial charge in [0.1, 0.15) is 6.11 Å². The number of rotatable bonds is 4. The summed E-state index contributed by atoms with van der Waals surface area (Å²) in [6.07, 6.45) is 3.61. The van der Waals surface area contributed by atoms with Gasteiger partial charge in [-0.1, -0.05) is 39.0 Å². The highest BCUT2D eigenvalue weighted by Gasteiger charge is 2.20. The number of nitrogens with zero attached hydrogens (tertiary/aromatic N) is 4. The van der Waals surface area contributed by atoms with Crippen LogP contribution in [0.15, 0.2) is 47.6 Å². The van der Waals surface area contributed by atoms with Crippen LogP contribution in [0.3, 0.4) is 0 Å². The lowest BCUT2D eigenvalue weighted by atomic mass is 9.87. The van der Waals surface area contributed by atoms with E-state index in [0.29, 0.717) is 18.2 Å². The number of aliphatic hydroxyl groups excluding tert-OH is 1. The summed E-state index contributed by atoms with van der Waals surface area (Å²) in [6.45, 7) is 12.5. The first kappa shape index (κ1) is 24.7. The molecule has 0 aliphatic rings. The van der Waals surface area contributed by atoms with Gasteiger partial charge in [0.05, 0.1) is 11.7 Å². The number of aryl methyl sites for hydroxylation is 1. The highest BCUT2D eigenvalue weighted by Crippen LogP contribution is 2.24. The van der Waals surface area contributed by atoms with Crippen LogP contribution in [0.5, 0.6) is 0 Å². The number of carbonyl (C=O) groups is 1. The predicted molar refractivity (Wildman–Crippen MR) is 128 cm³/mol. The highest BCUT2D eigenvalue weighted by molar-refractivity contribution is 5.97. The largest absolute Gasteiger partial charge is 0.461 e. The van der Waals surface area contributed by atoms with Crippen LogP contribution in [0.1, 0.15) is 51.4 Å². The summed E-state index contributed by atoms with van der Waals surface area (Å²) >= 11 is 0. The van der Waals surface area contributed by atoms with Crippen molar-refractivity contribution in [2.75, 3.05) is 7.05 Å². The Hall–Kier alpha value is -3.53. The summed E-state index contributed by atoms with van der Waals surface area (Å²) in [5.41, 5.74) is 3.87. The number of nitrogens with one attached hydrogen (secondary N) is 1. The number of aliphatic imine (C=N–C) groups is 1. The maximum Gasteiger partial charge on any atom is 0.336 e. The molecule has 7 heteroatoms. The second-order valence-corrected chi connectivity index (χ2v) is 9.01. The first-order chi connectivity index (χ1) is 15.0. The third-order valence-corrected chi connectivity index (χ3v) is 4.85. The number of aromatic nitrogens is 1. The smallest absolute Gasteiger partial charge is 0.336 e. The molecule has 1 aromatic carbocycles. The molecular formula is C25H33N5O2. The number of benzene rings is 1. The van der Waals surface area contributed by atoms with E-state index in [1.165, 1.54) is 10.5 Å². The van der Waals surface area contributed by atoms with Crippen LogP contribution in [0.25, 0.3) is 0 Å². The molecule has 1 aromatic heterocycles. The van der Waals surface area contributed by atoms with E-state index in [-0.39, 0.29) is 11.5 Å². The standard InChI is InChI=1S/C25H33N5O2/c1-18(2)30(14-15-31)24(32)28-23(29(7)17-20-9-8-19(3)26-16-20)27-22-12-10-21(11-13-22)25(4,5)6/h8-13,16,18,31H,17H2,1-7H3,(H,27,28,32). The molecule has 2 N–H and O–H groups in total. The number of hydrogen-bond donors (Lipinski definition) is 2. The zero-order valence-corrected chi connectivity index (χ0v) is 20.0. The molecule has 0 fully saturated rings. The van der Waals surface area contributed by atoms with Crippen LogP contribution in [-0.2, 0) is 12.0 Å². The van der Waals surface area contributed by atoms with E-state index in [1.807, 2.05) is 69.1 Å². The number of pyridine rings is 1. The summed E-state index contributed by atoms with van der Waals surface area (Å²) in [5, 5.41) is 11.8. The van der Waals surface area contributed by atoms with Gasteiger partial charge < -0.3 is 10.0 Å². The average molecular weight is 436 g/mol. The number of amides is 2. The second kappa shape index (κ2) is 10.7. The molecule has 0 saturated carbocycles. The quantitative estimate of drug-likeness (QED) is 0.320. The molecule has 2 amide bonds. The number of carbonyl (C=O) groups excluding carboxylic acids is 1. The van der Waals surface area contributed by atoms with Crippen molar-refractivity contribution in [3.05, 3.63) is 59.4 Å². The molecule has 2 aromatic rings. The van der Waals surface area contributed by atoms with Gasteiger partial charge in [-0.15, -0.1) is 0 Å². The molecule has 0 aliphatic heterocycles. The number of urea groups is 1. The molecule has 0 unspecified atom stereocenters. The molecule has 0 atom stereocenters. The van der Waals surface area contributed by atoms with Crippen LogP contribution in [0.4, 0.5) is 10.5 Å². The van der Waals surface area contributed by atoms with Crippen LogP contribution in [0, 0.1) is 19.1 Å². The Balaban J connectivity index is 2.36. The lowest BCUT2D eigenvalue weighted by Gasteiger charge is -2.25. The Kier molecular flexibility index (Phi) is 8.25. The third kappa shape index (κ3) is 7.02. The van der Waals surface area contributed by atoms with Crippen molar-refractivity contribution in [2.24, 2.45) is 4.99 Å². The zero-order chi connectivity index (χ0) is 23.9. The molecule has 0 spiro atoms. The van der Waals surface area contributed by atoms with E-state index in [4.69, 9.17) is 10.1 Å². The van der Waals surface area contributed by atoms with Gasteiger partial charge in [-0.25, -0.2) is 14.7 Å². The Morgan fingerprint density at radius 2 is 1.84 bits per heavy atom. The second-order valence-electron chi connectivity index (χ2n) is 9.01. The van der Waals surface area contributed by atoms with E-state index in [0.717, 1.165) is 11.3 Å². The number of guanidine groups is 1. The van der Waals surface area contributed by atoms with Crippen LogP contribution in [-0.4, -0.2) is 45.0 Å². The molecule has 0 bridgehead atoms. The van der Waals surface area contributed by atoms with Crippen molar-refractivity contribution in [1.82, 2.24) is 20.1 Å². The Morgan fingerprint density at radius 1 is 1.19 bits per heavy atom. The van der Waals surface area contributed by atoms with Gasteiger partial charge in [-0.2, -0.15) is 0 Å². The third-order valence-electron chi connectivity index (χ3n) is 4.85. The summed E-state index contributed by atoms with van der Waals surface area (Å²) in [5.74, 6) is 0.365. The van der Waals surface area contributed by atoms with E-state index in [9.17, 15) is 4.79 Å². The summed E-state index contributed by atoms with van der Waals surface area (Å²) in [6, 6.07) is 13.6. The fraction of sp³-hybridized carbons (Fsp3) is 0.400. The Labute approximate surface area is 191 Å².